The molecule has 0 aromatic carbocycles. The Morgan fingerprint density at radius 3 is 2.61 bits per heavy atom. The number of carbonyl (C=O) groups excluding carboxylic acids is 2. The van der Waals surface area contributed by atoms with Crippen molar-refractivity contribution in [1.29, 1.82) is 0 Å². The predicted molar refractivity (Wildman–Crippen MR) is 70.0 cm³/mol. The van der Waals surface area contributed by atoms with Gasteiger partial charge in [-0.3, -0.25) is 4.79 Å². The molecule has 3 rings (SSSR count). The van der Waals surface area contributed by atoms with Gasteiger partial charge in [0.1, 0.15) is 6.10 Å². The van der Waals surface area contributed by atoms with Crippen molar-refractivity contribution >= 4 is 27.7 Å². The van der Waals surface area contributed by atoms with E-state index in [-0.39, 0.29) is 29.2 Å². The van der Waals surface area contributed by atoms with Crippen molar-refractivity contribution in [2.75, 3.05) is 0 Å². The first-order chi connectivity index (χ1) is 8.36. The van der Waals surface area contributed by atoms with E-state index >= 15 is 0 Å². The topological polar surface area (TPSA) is 43.4 Å². The summed E-state index contributed by atoms with van der Waals surface area (Å²) in [7, 11) is 0. The Balaban J connectivity index is 1.84. The second-order valence-electron chi connectivity index (χ2n) is 5.78. The Kier molecular flexibility index (Phi) is 2.40. The van der Waals surface area contributed by atoms with Crippen LogP contribution in [0.25, 0.3) is 0 Å². The van der Waals surface area contributed by atoms with E-state index in [1.807, 2.05) is 0 Å². The first-order valence-corrected chi connectivity index (χ1v) is 6.96. The van der Waals surface area contributed by atoms with Crippen molar-refractivity contribution in [2.24, 2.45) is 17.3 Å². The summed E-state index contributed by atoms with van der Waals surface area (Å²) in [5.41, 5.74) is 1.13. The molecular formula is C14H15BrO3. The lowest BCUT2D eigenvalue weighted by molar-refractivity contribution is -0.140. The number of halogens is 1. The van der Waals surface area contributed by atoms with Gasteiger partial charge in [0, 0.05) is 21.4 Å². The van der Waals surface area contributed by atoms with Crippen LogP contribution in [0.1, 0.15) is 26.7 Å². The van der Waals surface area contributed by atoms with Crippen LogP contribution >= 0.6 is 15.9 Å². The van der Waals surface area contributed by atoms with E-state index in [9.17, 15) is 9.59 Å². The summed E-state index contributed by atoms with van der Waals surface area (Å²) in [5.74, 6) is 0.530. The average molecular weight is 311 g/mol. The number of allylic oxidation sites excluding steroid dienone is 1. The standard InChI is InChI=1S/C14H15BrO3/c1-6-11(15)10(18-13(6)17)5-14(3)7(2)12(16)8-4-9(8)14/h8-10H,2,4-5H2,1,3H3/t8-,9+,10-,14+/m0/s1. The van der Waals surface area contributed by atoms with Crippen LogP contribution in [0.5, 0.6) is 0 Å². The Labute approximate surface area is 114 Å². The molecule has 0 unspecified atom stereocenters. The molecule has 0 N–H and O–H groups in total. The number of ketones is 1. The lowest BCUT2D eigenvalue weighted by Crippen LogP contribution is -2.27. The summed E-state index contributed by atoms with van der Waals surface area (Å²) in [6, 6.07) is 0. The van der Waals surface area contributed by atoms with Crippen LogP contribution in [-0.2, 0) is 14.3 Å². The summed E-state index contributed by atoms with van der Waals surface area (Å²) in [6.07, 6.45) is 1.36. The van der Waals surface area contributed by atoms with E-state index < -0.39 is 0 Å². The third kappa shape index (κ3) is 1.41. The molecule has 0 aromatic heterocycles. The summed E-state index contributed by atoms with van der Waals surface area (Å²) in [6.45, 7) is 7.78. The van der Waals surface area contributed by atoms with Gasteiger partial charge >= 0.3 is 5.97 Å². The highest BCUT2D eigenvalue weighted by molar-refractivity contribution is 9.11. The molecule has 0 spiro atoms. The smallest absolute Gasteiger partial charge is 0.335 e. The predicted octanol–water partition coefficient (Wildman–Crippen LogP) is 2.75. The van der Waals surface area contributed by atoms with Crippen LogP contribution in [0, 0.1) is 17.3 Å². The van der Waals surface area contributed by atoms with Gasteiger partial charge in [-0.1, -0.05) is 29.4 Å². The lowest BCUT2D eigenvalue weighted by Gasteiger charge is -2.29. The normalized spacial score (nSPS) is 42.4. The molecular weight excluding hydrogens is 296 g/mol. The Morgan fingerprint density at radius 1 is 1.50 bits per heavy atom. The van der Waals surface area contributed by atoms with Crippen LogP contribution in [0.3, 0.4) is 0 Å². The Bertz CT molecular complexity index is 519. The molecule has 4 atom stereocenters. The fraction of sp³-hybridized carbons (Fsp3) is 0.571. The van der Waals surface area contributed by atoms with Gasteiger partial charge in [-0.25, -0.2) is 4.79 Å². The molecule has 4 heteroatoms. The highest BCUT2D eigenvalue weighted by Crippen LogP contribution is 2.64. The maximum Gasteiger partial charge on any atom is 0.335 e. The number of carbonyl (C=O) groups is 2. The second kappa shape index (κ2) is 3.56. The van der Waals surface area contributed by atoms with Gasteiger partial charge in [0.15, 0.2) is 5.78 Å². The van der Waals surface area contributed by atoms with E-state index in [2.05, 4.69) is 29.4 Å². The Hall–Kier alpha value is -0.900. The van der Waals surface area contributed by atoms with Crippen LogP contribution in [0.15, 0.2) is 22.2 Å². The molecule has 0 amide bonds. The summed E-state index contributed by atoms with van der Waals surface area (Å²) in [4.78, 5) is 23.4. The molecule has 0 saturated heterocycles. The number of Topliss-reactive ketones (excluding diaryl/α,β-unsaturated/α-hetero) is 1. The van der Waals surface area contributed by atoms with Crippen LogP contribution in [0.4, 0.5) is 0 Å². The number of fused-ring (bicyclic) bond motifs is 1. The molecule has 2 aliphatic carbocycles. The van der Waals surface area contributed by atoms with Crippen molar-refractivity contribution < 1.29 is 14.3 Å². The molecule has 0 radical (unpaired) electrons. The van der Waals surface area contributed by atoms with Gasteiger partial charge in [0.05, 0.1) is 0 Å². The highest BCUT2D eigenvalue weighted by Gasteiger charge is 2.63. The number of esters is 1. The first kappa shape index (κ1) is 12.2. The monoisotopic (exact) mass is 310 g/mol. The molecule has 0 bridgehead atoms. The molecule has 0 aromatic rings. The summed E-state index contributed by atoms with van der Waals surface area (Å²) < 4.78 is 6.17. The fourth-order valence-corrected chi connectivity index (χ4v) is 3.73. The van der Waals surface area contributed by atoms with Crippen molar-refractivity contribution in [2.45, 2.75) is 32.8 Å². The first-order valence-electron chi connectivity index (χ1n) is 6.17. The van der Waals surface area contributed by atoms with E-state index in [1.165, 1.54) is 0 Å². The van der Waals surface area contributed by atoms with E-state index in [1.54, 1.807) is 6.92 Å². The number of hydrogen-bond donors (Lipinski definition) is 0. The zero-order valence-electron chi connectivity index (χ0n) is 10.5. The third-order valence-corrected chi connectivity index (χ3v) is 5.84. The molecule has 18 heavy (non-hydrogen) atoms. The average Bonchev–Trinajstić information content (AvgIpc) is 3.06. The summed E-state index contributed by atoms with van der Waals surface area (Å²) in [5, 5.41) is 0. The molecule has 1 heterocycles. The Morgan fingerprint density at radius 2 is 2.17 bits per heavy atom. The number of cyclic esters (lactones) is 1. The van der Waals surface area contributed by atoms with Gasteiger partial charge in [0.25, 0.3) is 0 Å². The SMILES string of the molecule is C=C1C(=O)[C@H]2C[C@H]2[C@]1(C)C[C@@H]1OC(=O)C(C)=C1Br. The van der Waals surface area contributed by atoms with Crippen LogP contribution in [-0.4, -0.2) is 17.9 Å². The highest BCUT2D eigenvalue weighted by atomic mass is 79.9. The maximum atomic E-state index is 11.9. The minimum Gasteiger partial charge on any atom is -0.454 e. The molecule has 3 aliphatic rings. The minimum absolute atomic E-state index is 0.184. The largest absolute Gasteiger partial charge is 0.454 e. The van der Waals surface area contributed by atoms with Crippen molar-refractivity contribution in [1.82, 2.24) is 0 Å². The number of hydrogen-bond acceptors (Lipinski definition) is 3. The molecule has 96 valence electrons. The number of ether oxygens (including phenoxy) is 1. The van der Waals surface area contributed by atoms with Crippen LogP contribution < -0.4 is 0 Å². The molecule has 1 aliphatic heterocycles. The van der Waals surface area contributed by atoms with Gasteiger partial charge in [-0.05, 0) is 31.3 Å². The van der Waals surface area contributed by atoms with Crippen molar-refractivity contribution in [3.05, 3.63) is 22.2 Å². The zero-order valence-corrected chi connectivity index (χ0v) is 12.0. The van der Waals surface area contributed by atoms with Crippen molar-refractivity contribution in [3.8, 4) is 0 Å². The summed E-state index contributed by atoms with van der Waals surface area (Å²) >= 11 is 3.43. The van der Waals surface area contributed by atoms with E-state index in [4.69, 9.17) is 4.74 Å². The van der Waals surface area contributed by atoms with Crippen molar-refractivity contribution in [3.63, 3.8) is 0 Å². The zero-order chi connectivity index (χ0) is 13.2. The van der Waals surface area contributed by atoms with Gasteiger partial charge < -0.3 is 4.74 Å². The van der Waals surface area contributed by atoms with E-state index in [0.717, 1.165) is 10.9 Å². The van der Waals surface area contributed by atoms with Gasteiger partial charge in [-0.2, -0.15) is 0 Å². The van der Waals surface area contributed by atoms with Gasteiger partial charge in [0.2, 0.25) is 0 Å². The minimum atomic E-state index is -0.266. The molecule has 2 fully saturated rings. The molecule has 3 nitrogen and oxygen atoms in total. The second-order valence-corrected chi connectivity index (χ2v) is 6.63. The van der Waals surface area contributed by atoms with Gasteiger partial charge in [-0.15, -0.1) is 0 Å². The lowest BCUT2D eigenvalue weighted by atomic mass is 9.76. The third-order valence-electron chi connectivity index (χ3n) is 4.74. The van der Waals surface area contributed by atoms with E-state index in [0.29, 0.717) is 23.5 Å². The fourth-order valence-electron chi connectivity index (χ4n) is 3.32. The maximum absolute atomic E-state index is 11.9. The van der Waals surface area contributed by atoms with Crippen LogP contribution in [0.2, 0.25) is 0 Å². The molecule has 2 saturated carbocycles. The number of rotatable bonds is 2. The quantitative estimate of drug-likeness (QED) is 0.582.